The van der Waals surface area contributed by atoms with E-state index in [2.05, 4.69) is 46.3 Å². The zero-order chi connectivity index (χ0) is 16.8. The molecule has 0 saturated carbocycles. The highest BCUT2D eigenvalue weighted by molar-refractivity contribution is 7.12. The van der Waals surface area contributed by atoms with Crippen molar-refractivity contribution in [2.75, 3.05) is 32.7 Å². The Morgan fingerprint density at radius 3 is 2.33 bits per heavy atom. The fourth-order valence-electron chi connectivity index (χ4n) is 2.96. The van der Waals surface area contributed by atoms with Gasteiger partial charge in [0.1, 0.15) is 0 Å². The van der Waals surface area contributed by atoms with Gasteiger partial charge in [-0.2, -0.15) is 0 Å². The van der Waals surface area contributed by atoms with Crippen LogP contribution in [-0.4, -0.2) is 48.4 Å². The summed E-state index contributed by atoms with van der Waals surface area (Å²) in [5.41, 5.74) is 2.48. The molecule has 0 aliphatic carbocycles. The van der Waals surface area contributed by atoms with Crippen LogP contribution in [0, 0.1) is 0 Å². The molecule has 1 aliphatic heterocycles. The lowest BCUT2D eigenvalue weighted by molar-refractivity contribution is 0.0955. The van der Waals surface area contributed by atoms with E-state index in [-0.39, 0.29) is 5.91 Å². The summed E-state index contributed by atoms with van der Waals surface area (Å²) < 4.78 is 0. The quantitative estimate of drug-likeness (QED) is 0.876. The number of hydrogen-bond acceptors (Lipinski definition) is 4. The van der Waals surface area contributed by atoms with Gasteiger partial charge in [-0.3, -0.25) is 9.69 Å². The van der Waals surface area contributed by atoms with Crippen molar-refractivity contribution in [1.82, 2.24) is 15.1 Å². The number of carbonyl (C=O) groups is 1. The van der Waals surface area contributed by atoms with Crippen molar-refractivity contribution in [1.29, 1.82) is 0 Å². The van der Waals surface area contributed by atoms with Crippen LogP contribution in [0.1, 0.15) is 27.7 Å². The fraction of sp³-hybridized carbons (Fsp3) is 0.421. The monoisotopic (exact) mass is 343 g/mol. The maximum absolute atomic E-state index is 11.9. The Morgan fingerprint density at radius 1 is 1.04 bits per heavy atom. The standard InChI is InChI=1S/C19H25N3OS/c1-2-21-9-11-22(12-10-21)15-17-7-5-16(6-8-17)14-20-19(23)18-4-3-13-24-18/h3-8,13H,2,9-12,14-15H2,1H3,(H,20,23). The minimum Gasteiger partial charge on any atom is -0.347 e. The summed E-state index contributed by atoms with van der Waals surface area (Å²) in [5, 5.41) is 4.89. The Hall–Kier alpha value is -1.69. The van der Waals surface area contributed by atoms with Gasteiger partial charge in [-0.25, -0.2) is 0 Å². The van der Waals surface area contributed by atoms with E-state index in [1.807, 2.05) is 17.5 Å². The Morgan fingerprint density at radius 2 is 1.71 bits per heavy atom. The van der Waals surface area contributed by atoms with E-state index in [4.69, 9.17) is 0 Å². The maximum atomic E-state index is 11.9. The van der Waals surface area contributed by atoms with Crippen molar-refractivity contribution in [3.8, 4) is 0 Å². The van der Waals surface area contributed by atoms with E-state index in [9.17, 15) is 4.79 Å². The van der Waals surface area contributed by atoms with Crippen LogP contribution in [0.25, 0.3) is 0 Å². The number of thiophene rings is 1. The molecule has 4 nitrogen and oxygen atoms in total. The van der Waals surface area contributed by atoms with Crippen LogP contribution in [0.2, 0.25) is 0 Å². The van der Waals surface area contributed by atoms with Crippen molar-refractivity contribution in [3.05, 3.63) is 57.8 Å². The van der Waals surface area contributed by atoms with Crippen LogP contribution < -0.4 is 5.32 Å². The van der Waals surface area contributed by atoms with Gasteiger partial charge in [0.15, 0.2) is 0 Å². The van der Waals surface area contributed by atoms with E-state index in [1.165, 1.54) is 30.0 Å². The number of rotatable bonds is 6. The number of carbonyl (C=O) groups excluding carboxylic acids is 1. The van der Waals surface area contributed by atoms with Gasteiger partial charge in [0, 0.05) is 39.3 Å². The molecule has 0 spiro atoms. The zero-order valence-electron chi connectivity index (χ0n) is 14.2. The Bertz CT molecular complexity index is 631. The third-order valence-corrected chi connectivity index (χ3v) is 5.41. The van der Waals surface area contributed by atoms with Crippen LogP contribution in [0.15, 0.2) is 41.8 Å². The van der Waals surface area contributed by atoms with Crippen molar-refractivity contribution in [2.24, 2.45) is 0 Å². The number of piperazine rings is 1. The first-order valence-corrected chi connectivity index (χ1v) is 9.47. The summed E-state index contributed by atoms with van der Waals surface area (Å²) in [7, 11) is 0. The lowest BCUT2D eigenvalue weighted by atomic mass is 10.1. The van der Waals surface area contributed by atoms with E-state index in [1.54, 1.807) is 0 Å². The average molecular weight is 343 g/mol. The molecule has 1 aliphatic rings. The fourth-order valence-corrected chi connectivity index (χ4v) is 3.60. The largest absolute Gasteiger partial charge is 0.347 e. The lowest BCUT2D eigenvalue weighted by Crippen LogP contribution is -2.45. The summed E-state index contributed by atoms with van der Waals surface area (Å²) in [6.45, 7) is 9.60. The predicted octanol–water partition coefficient (Wildman–Crippen LogP) is 2.82. The molecule has 128 valence electrons. The molecular formula is C19H25N3OS. The molecule has 24 heavy (non-hydrogen) atoms. The number of nitrogens with zero attached hydrogens (tertiary/aromatic N) is 2. The Kier molecular flexibility index (Phi) is 6.01. The smallest absolute Gasteiger partial charge is 0.261 e. The molecule has 0 unspecified atom stereocenters. The van der Waals surface area contributed by atoms with Crippen molar-refractivity contribution < 1.29 is 4.79 Å². The number of nitrogens with one attached hydrogen (secondary N) is 1. The molecule has 0 atom stereocenters. The van der Waals surface area contributed by atoms with Gasteiger partial charge >= 0.3 is 0 Å². The molecule has 1 amide bonds. The van der Waals surface area contributed by atoms with Gasteiger partial charge in [-0.05, 0) is 29.1 Å². The third kappa shape index (κ3) is 4.66. The summed E-state index contributed by atoms with van der Waals surface area (Å²) in [6, 6.07) is 12.3. The van der Waals surface area contributed by atoms with Crippen LogP contribution in [-0.2, 0) is 13.1 Å². The second-order valence-electron chi connectivity index (χ2n) is 6.19. The number of likely N-dealkylation sites (N-methyl/N-ethyl adjacent to an activating group) is 1. The van der Waals surface area contributed by atoms with Gasteiger partial charge in [0.05, 0.1) is 4.88 Å². The normalized spacial score (nSPS) is 16.2. The molecule has 1 N–H and O–H groups in total. The highest BCUT2D eigenvalue weighted by Gasteiger charge is 2.15. The first-order chi connectivity index (χ1) is 11.7. The molecule has 1 aromatic carbocycles. The highest BCUT2D eigenvalue weighted by Crippen LogP contribution is 2.11. The summed E-state index contributed by atoms with van der Waals surface area (Å²) >= 11 is 1.47. The van der Waals surface area contributed by atoms with Crippen LogP contribution in [0.4, 0.5) is 0 Å². The SMILES string of the molecule is CCN1CCN(Cc2ccc(CNC(=O)c3cccs3)cc2)CC1. The van der Waals surface area contributed by atoms with Gasteiger partial charge in [0.2, 0.25) is 0 Å². The predicted molar refractivity (Wildman–Crippen MR) is 99.3 cm³/mol. The summed E-state index contributed by atoms with van der Waals surface area (Å²) in [6.07, 6.45) is 0. The maximum Gasteiger partial charge on any atom is 0.261 e. The van der Waals surface area contributed by atoms with Crippen molar-refractivity contribution in [2.45, 2.75) is 20.0 Å². The van der Waals surface area contributed by atoms with Crippen molar-refractivity contribution >= 4 is 17.2 Å². The van der Waals surface area contributed by atoms with Gasteiger partial charge in [0.25, 0.3) is 5.91 Å². The minimum absolute atomic E-state index is 0.00266. The third-order valence-electron chi connectivity index (χ3n) is 4.54. The molecule has 0 bridgehead atoms. The Labute approximate surface area is 148 Å². The van der Waals surface area contributed by atoms with E-state index < -0.39 is 0 Å². The number of amides is 1. The summed E-state index contributed by atoms with van der Waals surface area (Å²) in [5.74, 6) is 0.00266. The van der Waals surface area contributed by atoms with Crippen LogP contribution in [0.3, 0.4) is 0 Å². The molecule has 1 aromatic heterocycles. The highest BCUT2D eigenvalue weighted by atomic mass is 32.1. The first kappa shape index (κ1) is 17.1. The first-order valence-electron chi connectivity index (χ1n) is 8.59. The van der Waals surface area contributed by atoms with Gasteiger partial charge in [-0.15, -0.1) is 11.3 Å². The summed E-state index contributed by atoms with van der Waals surface area (Å²) in [4.78, 5) is 17.7. The second-order valence-corrected chi connectivity index (χ2v) is 7.13. The topological polar surface area (TPSA) is 35.6 Å². The molecule has 3 rings (SSSR count). The Balaban J connectivity index is 1.46. The molecule has 1 fully saturated rings. The zero-order valence-corrected chi connectivity index (χ0v) is 15.0. The number of benzene rings is 1. The average Bonchev–Trinajstić information content (AvgIpc) is 3.16. The number of hydrogen-bond donors (Lipinski definition) is 1. The van der Waals surface area contributed by atoms with Crippen molar-refractivity contribution in [3.63, 3.8) is 0 Å². The second kappa shape index (κ2) is 8.42. The molecule has 2 heterocycles. The molecule has 5 heteroatoms. The lowest BCUT2D eigenvalue weighted by Gasteiger charge is -2.34. The van der Waals surface area contributed by atoms with Gasteiger partial charge in [-0.1, -0.05) is 37.3 Å². The minimum atomic E-state index is 0.00266. The van der Waals surface area contributed by atoms with E-state index in [0.29, 0.717) is 6.54 Å². The molecular weight excluding hydrogens is 318 g/mol. The van der Waals surface area contributed by atoms with Gasteiger partial charge < -0.3 is 10.2 Å². The molecule has 0 radical (unpaired) electrons. The van der Waals surface area contributed by atoms with E-state index >= 15 is 0 Å². The van der Waals surface area contributed by atoms with Crippen LogP contribution in [0.5, 0.6) is 0 Å². The van der Waals surface area contributed by atoms with E-state index in [0.717, 1.165) is 36.6 Å². The van der Waals surface area contributed by atoms with Crippen LogP contribution >= 0.6 is 11.3 Å². The molecule has 2 aromatic rings. The molecule has 1 saturated heterocycles.